The molecule has 4 rings (SSSR count). The van der Waals surface area contributed by atoms with Gasteiger partial charge in [-0.05, 0) is 50.1 Å². The SMILES string of the molecule is CC(C)Nc1nc(CCc2ccc(F)c(F)c2)nc(N2CCN(c3ncccc3C(F)(F)F)CC2)n1. The first-order valence-electron chi connectivity index (χ1n) is 11.6. The lowest BCUT2D eigenvalue weighted by Gasteiger charge is -2.36. The monoisotopic (exact) mass is 507 g/mol. The number of hydrogen-bond acceptors (Lipinski definition) is 7. The van der Waals surface area contributed by atoms with Gasteiger partial charge in [0.05, 0.1) is 5.56 Å². The Morgan fingerprint density at radius 2 is 1.64 bits per heavy atom. The number of benzene rings is 1. The molecule has 1 fully saturated rings. The van der Waals surface area contributed by atoms with Crippen LogP contribution in [0.15, 0.2) is 36.5 Å². The van der Waals surface area contributed by atoms with Crippen molar-refractivity contribution in [3.63, 3.8) is 0 Å². The number of nitrogens with zero attached hydrogens (tertiary/aromatic N) is 6. The van der Waals surface area contributed by atoms with E-state index in [4.69, 9.17) is 0 Å². The number of halogens is 5. The average molecular weight is 508 g/mol. The molecule has 3 heterocycles. The van der Waals surface area contributed by atoms with Crippen LogP contribution in [-0.2, 0) is 19.0 Å². The molecular formula is C24H26F5N7. The van der Waals surface area contributed by atoms with E-state index in [1.54, 1.807) is 4.90 Å². The van der Waals surface area contributed by atoms with Crippen LogP contribution in [0.3, 0.4) is 0 Å². The maximum atomic E-state index is 13.6. The standard InChI is InChI=1S/C24H26F5N7/c1-15(2)31-22-32-20(8-6-16-5-7-18(25)19(26)14-16)33-23(34-22)36-12-10-35(11-13-36)21-17(24(27,28)29)4-3-9-30-21/h3-5,7,9,14-15H,6,8,10-13H2,1-2H3,(H,31,32,33,34). The second kappa shape index (κ2) is 10.6. The minimum Gasteiger partial charge on any atom is -0.353 e. The third-order valence-corrected chi connectivity index (χ3v) is 5.66. The van der Waals surface area contributed by atoms with Crippen LogP contribution in [0.1, 0.15) is 30.8 Å². The molecule has 3 aromatic rings. The number of nitrogens with one attached hydrogen (secondary N) is 1. The van der Waals surface area contributed by atoms with Gasteiger partial charge in [0.2, 0.25) is 11.9 Å². The molecule has 0 spiro atoms. The van der Waals surface area contributed by atoms with Crippen LogP contribution in [0.25, 0.3) is 0 Å². The van der Waals surface area contributed by atoms with Gasteiger partial charge in [0.25, 0.3) is 0 Å². The fourth-order valence-corrected chi connectivity index (χ4v) is 3.92. The van der Waals surface area contributed by atoms with Gasteiger partial charge in [0.1, 0.15) is 11.6 Å². The Morgan fingerprint density at radius 1 is 0.917 bits per heavy atom. The zero-order valence-electron chi connectivity index (χ0n) is 19.9. The number of piperazine rings is 1. The van der Waals surface area contributed by atoms with Gasteiger partial charge in [-0.15, -0.1) is 0 Å². The number of aromatic nitrogens is 4. The highest BCUT2D eigenvalue weighted by atomic mass is 19.4. The molecule has 0 amide bonds. The zero-order valence-corrected chi connectivity index (χ0v) is 19.9. The summed E-state index contributed by atoms with van der Waals surface area (Å²) in [7, 11) is 0. The molecule has 192 valence electrons. The Morgan fingerprint density at radius 3 is 2.31 bits per heavy atom. The number of rotatable bonds is 7. The van der Waals surface area contributed by atoms with Crippen molar-refractivity contribution >= 4 is 17.7 Å². The molecule has 36 heavy (non-hydrogen) atoms. The van der Waals surface area contributed by atoms with Crippen molar-refractivity contribution in [2.24, 2.45) is 0 Å². The van der Waals surface area contributed by atoms with Crippen molar-refractivity contribution < 1.29 is 22.0 Å². The second-order valence-corrected chi connectivity index (χ2v) is 8.77. The topological polar surface area (TPSA) is 70.1 Å². The van der Waals surface area contributed by atoms with Crippen molar-refractivity contribution in [2.45, 2.75) is 38.9 Å². The number of alkyl halides is 3. The lowest BCUT2D eigenvalue weighted by molar-refractivity contribution is -0.137. The van der Waals surface area contributed by atoms with Crippen molar-refractivity contribution in [3.05, 3.63) is 65.1 Å². The van der Waals surface area contributed by atoms with Gasteiger partial charge in [-0.2, -0.15) is 28.1 Å². The van der Waals surface area contributed by atoms with Gasteiger partial charge < -0.3 is 15.1 Å². The molecule has 0 bridgehead atoms. The van der Waals surface area contributed by atoms with E-state index >= 15 is 0 Å². The van der Waals surface area contributed by atoms with E-state index in [1.165, 1.54) is 18.3 Å². The first-order valence-corrected chi connectivity index (χ1v) is 11.6. The Bertz CT molecular complexity index is 1190. The number of pyridine rings is 1. The van der Waals surface area contributed by atoms with Crippen molar-refractivity contribution in [1.29, 1.82) is 0 Å². The molecule has 0 aliphatic carbocycles. The highest BCUT2D eigenvalue weighted by Crippen LogP contribution is 2.35. The summed E-state index contributed by atoms with van der Waals surface area (Å²) in [5.74, 6) is -0.650. The van der Waals surface area contributed by atoms with Crippen LogP contribution < -0.4 is 15.1 Å². The maximum absolute atomic E-state index is 13.6. The summed E-state index contributed by atoms with van der Waals surface area (Å²) in [5, 5.41) is 3.15. The van der Waals surface area contributed by atoms with Crippen LogP contribution in [0.4, 0.5) is 39.7 Å². The second-order valence-electron chi connectivity index (χ2n) is 8.77. The van der Waals surface area contributed by atoms with E-state index in [1.807, 2.05) is 18.7 Å². The van der Waals surface area contributed by atoms with E-state index in [0.29, 0.717) is 62.3 Å². The molecule has 0 unspecified atom stereocenters. The fraction of sp³-hybridized carbons (Fsp3) is 0.417. The molecule has 1 aromatic carbocycles. The predicted molar refractivity (Wildman–Crippen MR) is 126 cm³/mol. The van der Waals surface area contributed by atoms with Crippen LogP contribution in [0.2, 0.25) is 0 Å². The summed E-state index contributed by atoms with van der Waals surface area (Å²) < 4.78 is 67.1. The normalized spacial score (nSPS) is 14.4. The minimum absolute atomic E-state index is 0.0566. The van der Waals surface area contributed by atoms with Gasteiger partial charge in [-0.25, -0.2) is 13.8 Å². The highest BCUT2D eigenvalue weighted by molar-refractivity contribution is 5.50. The molecule has 1 aliphatic rings. The Hall–Kier alpha value is -3.57. The summed E-state index contributed by atoms with van der Waals surface area (Å²) in [5.41, 5.74) is -0.153. The van der Waals surface area contributed by atoms with Crippen molar-refractivity contribution in [3.8, 4) is 0 Å². The van der Waals surface area contributed by atoms with E-state index in [0.717, 1.165) is 18.2 Å². The fourth-order valence-electron chi connectivity index (χ4n) is 3.92. The van der Waals surface area contributed by atoms with Gasteiger partial charge >= 0.3 is 6.18 Å². The summed E-state index contributed by atoms with van der Waals surface area (Å²) in [4.78, 5) is 21.0. The zero-order chi connectivity index (χ0) is 25.9. The smallest absolute Gasteiger partial charge is 0.353 e. The molecule has 12 heteroatoms. The van der Waals surface area contributed by atoms with Crippen LogP contribution in [-0.4, -0.2) is 52.2 Å². The molecule has 7 nitrogen and oxygen atoms in total. The molecule has 1 N–H and O–H groups in total. The molecule has 0 radical (unpaired) electrons. The molecule has 2 aromatic heterocycles. The molecular weight excluding hydrogens is 481 g/mol. The molecule has 1 saturated heterocycles. The number of hydrogen-bond donors (Lipinski definition) is 1. The minimum atomic E-state index is -4.49. The summed E-state index contributed by atoms with van der Waals surface area (Å²) in [6, 6.07) is 6.11. The first kappa shape index (κ1) is 25.5. The third-order valence-electron chi connectivity index (χ3n) is 5.66. The van der Waals surface area contributed by atoms with E-state index in [2.05, 4.69) is 25.3 Å². The Kier molecular flexibility index (Phi) is 7.51. The lowest BCUT2D eigenvalue weighted by atomic mass is 10.1. The summed E-state index contributed by atoms with van der Waals surface area (Å²) >= 11 is 0. The van der Waals surface area contributed by atoms with Crippen LogP contribution >= 0.6 is 0 Å². The summed E-state index contributed by atoms with van der Waals surface area (Å²) in [6.07, 6.45) is -2.37. The Labute approximate surface area is 205 Å². The van der Waals surface area contributed by atoms with Gasteiger partial charge in [-0.3, -0.25) is 0 Å². The summed E-state index contributed by atoms with van der Waals surface area (Å²) in [6.45, 7) is 5.28. The van der Waals surface area contributed by atoms with Gasteiger partial charge in [0, 0.05) is 44.8 Å². The number of aryl methyl sites for hydroxylation is 2. The average Bonchev–Trinajstić information content (AvgIpc) is 2.84. The molecule has 0 saturated carbocycles. The van der Waals surface area contributed by atoms with Crippen molar-refractivity contribution in [2.75, 3.05) is 41.3 Å². The van der Waals surface area contributed by atoms with Crippen LogP contribution in [0.5, 0.6) is 0 Å². The largest absolute Gasteiger partial charge is 0.419 e. The third kappa shape index (κ3) is 6.16. The highest BCUT2D eigenvalue weighted by Gasteiger charge is 2.36. The molecule has 1 aliphatic heterocycles. The van der Waals surface area contributed by atoms with E-state index in [9.17, 15) is 22.0 Å². The van der Waals surface area contributed by atoms with Crippen LogP contribution in [0, 0.1) is 11.6 Å². The quantitative estimate of drug-likeness (QED) is 0.473. The predicted octanol–water partition coefficient (Wildman–Crippen LogP) is 4.50. The molecule has 0 atom stereocenters. The van der Waals surface area contributed by atoms with Gasteiger partial charge in [-0.1, -0.05) is 6.07 Å². The van der Waals surface area contributed by atoms with Crippen molar-refractivity contribution in [1.82, 2.24) is 19.9 Å². The van der Waals surface area contributed by atoms with E-state index < -0.39 is 23.4 Å². The number of anilines is 3. The van der Waals surface area contributed by atoms with Gasteiger partial charge in [0.15, 0.2) is 11.6 Å². The maximum Gasteiger partial charge on any atom is 0.419 e. The Balaban J connectivity index is 1.50. The lowest BCUT2D eigenvalue weighted by Crippen LogP contribution is -2.48. The van der Waals surface area contributed by atoms with E-state index in [-0.39, 0.29) is 11.9 Å². The first-order chi connectivity index (χ1) is 17.1.